The molecule has 0 radical (unpaired) electrons. The van der Waals surface area contributed by atoms with Crippen LogP contribution in [0, 0.1) is 12.8 Å². The van der Waals surface area contributed by atoms with Crippen LogP contribution in [0.4, 0.5) is 0 Å². The minimum atomic E-state index is -0.0971. The highest BCUT2D eigenvalue weighted by atomic mass is 16.5. The van der Waals surface area contributed by atoms with E-state index in [1.165, 1.54) is 7.11 Å². The van der Waals surface area contributed by atoms with Gasteiger partial charge in [-0.2, -0.15) is 0 Å². The number of nitrogens with zero attached hydrogens (tertiary/aromatic N) is 2. The fourth-order valence-electron chi connectivity index (χ4n) is 2.22. The maximum Gasteiger partial charge on any atom is 0.308 e. The molecule has 0 aromatic carbocycles. The number of aromatic nitrogens is 2. The summed E-state index contributed by atoms with van der Waals surface area (Å²) in [6, 6.07) is 0. The van der Waals surface area contributed by atoms with Gasteiger partial charge in [-0.15, -0.1) is 10.2 Å². The van der Waals surface area contributed by atoms with Gasteiger partial charge in [0, 0.05) is 12.8 Å². The summed E-state index contributed by atoms with van der Waals surface area (Å²) in [5.41, 5.74) is 0. The van der Waals surface area contributed by atoms with E-state index >= 15 is 0 Å². The third kappa shape index (κ3) is 2.23. The molecule has 88 valence electrons. The van der Waals surface area contributed by atoms with E-state index in [1.807, 2.05) is 0 Å². The quantitative estimate of drug-likeness (QED) is 0.717. The Hall–Kier alpha value is -1.39. The van der Waals surface area contributed by atoms with Crippen molar-refractivity contribution in [1.82, 2.24) is 10.2 Å². The molecule has 1 aromatic heterocycles. The van der Waals surface area contributed by atoms with Crippen LogP contribution in [0.25, 0.3) is 0 Å². The fourth-order valence-corrected chi connectivity index (χ4v) is 2.22. The predicted octanol–water partition coefficient (Wildman–Crippen LogP) is 1.82. The first-order valence-electron chi connectivity index (χ1n) is 5.58. The second-order valence-corrected chi connectivity index (χ2v) is 4.23. The highest BCUT2D eigenvalue weighted by Gasteiger charge is 2.29. The van der Waals surface area contributed by atoms with E-state index in [9.17, 15) is 4.79 Å². The standard InChI is InChI=1S/C11H16N2O3/c1-7-12-13-10(16-7)8-3-5-9(6-4-8)11(14)15-2/h8-9H,3-6H2,1-2H3. The Morgan fingerprint density at radius 2 is 2.00 bits per heavy atom. The Bertz CT molecular complexity index is 367. The van der Waals surface area contributed by atoms with Gasteiger partial charge in [-0.3, -0.25) is 4.79 Å². The molecule has 0 spiro atoms. The molecule has 5 heteroatoms. The van der Waals surface area contributed by atoms with Gasteiger partial charge < -0.3 is 9.15 Å². The number of rotatable bonds is 2. The summed E-state index contributed by atoms with van der Waals surface area (Å²) in [4.78, 5) is 11.3. The summed E-state index contributed by atoms with van der Waals surface area (Å²) in [6.07, 6.45) is 3.53. The normalized spacial score (nSPS) is 25.4. The van der Waals surface area contributed by atoms with Crippen LogP contribution in [-0.4, -0.2) is 23.3 Å². The third-order valence-corrected chi connectivity index (χ3v) is 3.15. The zero-order valence-corrected chi connectivity index (χ0v) is 9.60. The van der Waals surface area contributed by atoms with Crippen LogP contribution in [0.5, 0.6) is 0 Å². The van der Waals surface area contributed by atoms with Crippen LogP contribution < -0.4 is 0 Å². The average Bonchev–Trinajstić information content (AvgIpc) is 2.75. The zero-order valence-electron chi connectivity index (χ0n) is 9.60. The Balaban J connectivity index is 1.92. The van der Waals surface area contributed by atoms with Gasteiger partial charge in [0.15, 0.2) is 0 Å². The van der Waals surface area contributed by atoms with E-state index in [1.54, 1.807) is 6.92 Å². The van der Waals surface area contributed by atoms with Crippen molar-refractivity contribution >= 4 is 5.97 Å². The molecule has 0 saturated heterocycles. The molecule has 0 unspecified atom stereocenters. The first-order valence-corrected chi connectivity index (χ1v) is 5.58. The molecule has 1 saturated carbocycles. The topological polar surface area (TPSA) is 65.2 Å². The van der Waals surface area contributed by atoms with Crippen molar-refractivity contribution in [2.45, 2.75) is 38.5 Å². The van der Waals surface area contributed by atoms with Gasteiger partial charge in [-0.1, -0.05) is 0 Å². The van der Waals surface area contributed by atoms with Crippen molar-refractivity contribution in [3.8, 4) is 0 Å². The third-order valence-electron chi connectivity index (χ3n) is 3.15. The Labute approximate surface area is 94.2 Å². The summed E-state index contributed by atoms with van der Waals surface area (Å²) in [5.74, 6) is 1.57. The van der Waals surface area contributed by atoms with Crippen molar-refractivity contribution in [1.29, 1.82) is 0 Å². The lowest BCUT2D eigenvalue weighted by Gasteiger charge is -2.24. The minimum absolute atomic E-state index is 0.0465. The Morgan fingerprint density at radius 1 is 1.31 bits per heavy atom. The van der Waals surface area contributed by atoms with Gasteiger partial charge in [0.25, 0.3) is 0 Å². The first kappa shape index (κ1) is 11.1. The van der Waals surface area contributed by atoms with Crippen LogP contribution in [-0.2, 0) is 9.53 Å². The van der Waals surface area contributed by atoms with E-state index in [0.717, 1.165) is 25.7 Å². The number of hydrogen-bond donors (Lipinski definition) is 0. The van der Waals surface area contributed by atoms with Crippen LogP contribution in [0.2, 0.25) is 0 Å². The van der Waals surface area contributed by atoms with Crippen molar-refractivity contribution in [3.63, 3.8) is 0 Å². The van der Waals surface area contributed by atoms with E-state index < -0.39 is 0 Å². The van der Waals surface area contributed by atoms with Crippen LogP contribution in [0.1, 0.15) is 43.4 Å². The molecule has 0 amide bonds. The molecule has 5 nitrogen and oxygen atoms in total. The number of carbonyl (C=O) groups excluding carboxylic acids is 1. The van der Waals surface area contributed by atoms with Gasteiger partial charge >= 0.3 is 5.97 Å². The molecule has 1 aromatic rings. The lowest BCUT2D eigenvalue weighted by Crippen LogP contribution is -2.22. The van der Waals surface area contributed by atoms with Gasteiger partial charge in [-0.25, -0.2) is 0 Å². The second-order valence-electron chi connectivity index (χ2n) is 4.23. The number of hydrogen-bond acceptors (Lipinski definition) is 5. The highest BCUT2D eigenvalue weighted by Crippen LogP contribution is 2.35. The monoisotopic (exact) mass is 224 g/mol. The molecule has 0 aliphatic heterocycles. The maximum atomic E-state index is 11.3. The summed E-state index contributed by atoms with van der Waals surface area (Å²) in [5, 5.41) is 7.85. The predicted molar refractivity (Wildman–Crippen MR) is 55.8 cm³/mol. The molecule has 1 fully saturated rings. The zero-order chi connectivity index (χ0) is 11.5. The van der Waals surface area contributed by atoms with Gasteiger partial charge in [-0.05, 0) is 25.7 Å². The van der Waals surface area contributed by atoms with Gasteiger partial charge in [0.05, 0.1) is 13.0 Å². The van der Waals surface area contributed by atoms with Crippen molar-refractivity contribution in [2.75, 3.05) is 7.11 Å². The molecule has 16 heavy (non-hydrogen) atoms. The number of carbonyl (C=O) groups is 1. The molecule has 0 bridgehead atoms. The number of ether oxygens (including phenoxy) is 1. The summed E-state index contributed by atoms with van der Waals surface area (Å²) >= 11 is 0. The average molecular weight is 224 g/mol. The van der Waals surface area contributed by atoms with Gasteiger partial charge in [0.2, 0.25) is 11.8 Å². The highest BCUT2D eigenvalue weighted by molar-refractivity contribution is 5.72. The first-order chi connectivity index (χ1) is 7.70. The lowest BCUT2D eigenvalue weighted by atomic mass is 9.82. The van der Waals surface area contributed by atoms with Crippen LogP contribution in [0.15, 0.2) is 4.42 Å². The SMILES string of the molecule is COC(=O)C1CCC(c2nnc(C)o2)CC1. The summed E-state index contributed by atoms with van der Waals surface area (Å²) < 4.78 is 10.2. The van der Waals surface area contributed by atoms with E-state index in [4.69, 9.17) is 9.15 Å². The molecular weight excluding hydrogens is 208 g/mol. The molecule has 1 aliphatic rings. The lowest BCUT2D eigenvalue weighted by molar-refractivity contribution is -0.146. The number of esters is 1. The maximum absolute atomic E-state index is 11.3. The van der Waals surface area contributed by atoms with Crippen molar-refractivity contribution in [3.05, 3.63) is 11.8 Å². The summed E-state index contributed by atoms with van der Waals surface area (Å²) in [7, 11) is 1.44. The van der Waals surface area contributed by atoms with Crippen molar-refractivity contribution < 1.29 is 13.9 Å². The van der Waals surface area contributed by atoms with E-state index in [-0.39, 0.29) is 11.9 Å². The molecule has 2 rings (SSSR count). The second kappa shape index (κ2) is 4.63. The van der Waals surface area contributed by atoms with Crippen LogP contribution in [0.3, 0.4) is 0 Å². The largest absolute Gasteiger partial charge is 0.469 e. The van der Waals surface area contributed by atoms with Gasteiger partial charge in [0.1, 0.15) is 0 Å². The molecule has 1 aliphatic carbocycles. The van der Waals surface area contributed by atoms with Crippen molar-refractivity contribution in [2.24, 2.45) is 5.92 Å². The fraction of sp³-hybridized carbons (Fsp3) is 0.727. The summed E-state index contributed by atoms with van der Waals surface area (Å²) in [6.45, 7) is 1.79. The van der Waals surface area contributed by atoms with E-state index in [0.29, 0.717) is 17.7 Å². The van der Waals surface area contributed by atoms with E-state index in [2.05, 4.69) is 10.2 Å². The number of aryl methyl sites for hydroxylation is 1. The minimum Gasteiger partial charge on any atom is -0.469 e. The number of methoxy groups -OCH3 is 1. The molecule has 0 atom stereocenters. The smallest absolute Gasteiger partial charge is 0.308 e. The Morgan fingerprint density at radius 3 is 2.50 bits per heavy atom. The van der Waals surface area contributed by atoms with Crippen LogP contribution >= 0.6 is 0 Å². The Kier molecular flexibility index (Phi) is 3.22. The molecule has 1 heterocycles. The molecule has 0 N–H and O–H groups in total. The molecular formula is C11H16N2O3.